The highest BCUT2D eigenvalue weighted by atomic mass is 16.5. The van der Waals surface area contributed by atoms with E-state index < -0.39 is 0 Å². The topological polar surface area (TPSA) is 35.2 Å². The molecule has 2 heteroatoms. The van der Waals surface area contributed by atoms with Gasteiger partial charge in [0.25, 0.3) is 0 Å². The highest BCUT2D eigenvalue weighted by Crippen LogP contribution is 2.30. The zero-order valence-electron chi connectivity index (χ0n) is 9.79. The lowest BCUT2D eigenvalue weighted by molar-refractivity contribution is 0.0497. The molecular formula is C13H25NO. The van der Waals surface area contributed by atoms with Gasteiger partial charge in [0.15, 0.2) is 0 Å². The smallest absolute Gasteiger partial charge is 0.0469 e. The monoisotopic (exact) mass is 211 g/mol. The Bertz CT molecular complexity index is 169. The van der Waals surface area contributed by atoms with Gasteiger partial charge < -0.3 is 10.5 Å². The molecular weight excluding hydrogens is 186 g/mol. The van der Waals surface area contributed by atoms with E-state index in [1.807, 2.05) is 0 Å². The average molecular weight is 211 g/mol. The van der Waals surface area contributed by atoms with Gasteiger partial charge in [-0.15, -0.1) is 0 Å². The molecule has 2 rings (SSSR count). The van der Waals surface area contributed by atoms with Crippen LogP contribution in [0.2, 0.25) is 0 Å². The Kier molecular flexibility index (Phi) is 4.45. The maximum absolute atomic E-state index is 6.44. The van der Waals surface area contributed by atoms with Crippen molar-refractivity contribution in [2.45, 2.75) is 57.4 Å². The van der Waals surface area contributed by atoms with Crippen LogP contribution in [0.3, 0.4) is 0 Å². The molecule has 0 amide bonds. The van der Waals surface area contributed by atoms with E-state index in [9.17, 15) is 0 Å². The summed E-state index contributed by atoms with van der Waals surface area (Å²) in [4.78, 5) is 0. The molecule has 0 aromatic carbocycles. The highest BCUT2D eigenvalue weighted by molar-refractivity contribution is 4.82. The molecule has 2 fully saturated rings. The summed E-state index contributed by atoms with van der Waals surface area (Å²) in [5.41, 5.74) is 6.44. The van der Waals surface area contributed by atoms with Crippen molar-refractivity contribution in [3.63, 3.8) is 0 Å². The summed E-state index contributed by atoms with van der Waals surface area (Å²) >= 11 is 0. The molecule has 15 heavy (non-hydrogen) atoms. The third kappa shape index (κ3) is 3.18. The van der Waals surface area contributed by atoms with Crippen LogP contribution in [-0.2, 0) is 4.74 Å². The van der Waals surface area contributed by atoms with Crippen LogP contribution in [0.5, 0.6) is 0 Å². The van der Waals surface area contributed by atoms with Crippen molar-refractivity contribution in [2.24, 2.45) is 17.6 Å². The molecule has 1 heterocycles. The second-order valence-electron chi connectivity index (χ2n) is 5.28. The SMILES string of the molecule is NC(C1CCCCCC1)C1CCOCC1. The number of hydrogen-bond acceptors (Lipinski definition) is 2. The van der Waals surface area contributed by atoms with Crippen LogP contribution < -0.4 is 5.73 Å². The summed E-state index contributed by atoms with van der Waals surface area (Å²) in [5, 5.41) is 0. The Morgan fingerprint density at radius 1 is 0.800 bits per heavy atom. The van der Waals surface area contributed by atoms with Crippen molar-refractivity contribution in [1.29, 1.82) is 0 Å². The molecule has 2 N–H and O–H groups in total. The molecule has 0 bridgehead atoms. The van der Waals surface area contributed by atoms with E-state index in [0.717, 1.165) is 25.0 Å². The van der Waals surface area contributed by atoms with E-state index in [2.05, 4.69) is 0 Å². The quantitative estimate of drug-likeness (QED) is 0.713. The summed E-state index contributed by atoms with van der Waals surface area (Å²) in [6.45, 7) is 1.87. The molecule has 0 aromatic heterocycles. The van der Waals surface area contributed by atoms with E-state index in [1.54, 1.807) is 0 Å². The normalized spacial score (nSPS) is 28.6. The number of nitrogens with two attached hydrogens (primary N) is 1. The second-order valence-corrected chi connectivity index (χ2v) is 5.28. The summed E-state index contributed by atoms with van der Waals surface area (Å²) in [6.07, 6.45) is 10.8. The molecule has 2 nitrogen and oxygen atoms in total. The molecule has 1 saturated carbocycles. The maximum Gasteiger partial charge on any atom is 0.0469 e. The fourth-order valence-corrected chi connectivity index (χ4v) is 3.18. The first-order valence-electron chi connectivity index (χ1n) is 6.71. The Morgan fingerprint density at radius 2 is 1.33 bits per heavy atom. The van der Waals surface area contributed by atoms with Crippen LogP contribution in [-0.4, -0.2) is 19.3 Å². The molecule has 0 aromatic rings. The first-order valence-corrected chi connectivity index (χ1v) is 6.71. The third-order valence-electron chi connectivity index (χ3n) is 4.25. The minimum Gasteiger partial charge on any atom is -0.381 e. The average Bonchev–Trinajstić information content (AvgIpc) is 2.58. The molecule has 0 spiro atoms. The van der Waals surface area contributed by atoms with Gasteiger partial charge in [0.05, 0.1) is 0 Å². The predicted molar refractivity (Wildman–Crippen MR) is 62.7 cm³/mol. The minimum absolute atomic E-state index is 0.451. The van der Waals surface area contributed by atoms with Crippen LogP contribution in [0.25, 0.3) is 0 Å². The van der Waals surface area contributed by atoms with Gasteiger partial charge in [-0.1, -0.05) is 25.7 Å². The number of ether oxygens (including phenoxy) is 1. The van der Waals surface area contributed by atoms with Crippen LogP contribution in [0.1, 0.15) is 51.4 Å². The molecule has 1 aliphatic carbocycles. The fraction of sp³-hybridized carbons (Fsp3) is 1.00. The van der Waals surface area contributed by atoms with Crippen molar-refractivity contribution < 1.29 is 4.74 Å². The molecule has 88 valence electrons. The van der Waals surface area contributed by atoms with Crippen molar-refractivity contribution >= 4 is 0 Å². The van der Waals surface area contributed by atoms with Gasteiger partial charge in [-0.3, -0.25) is 0 Å². The fourth-order valence-electron chi connectivity index (χ4n) is 3.18. The van der Waals surface area contributed by atoms with E-state index in [-0.39, 0.29) is 0 Å². The number of hydrogen-bond donors (Lipinski definition) is 1. The lowest BCUT2D eigenvalue weighted by Gasteiger charge is -2.32. The van der Waals surface area contributed by atoms with Gasteiger partial charge in [-0.2, -0.15) is 0 Å². The maximum atomic E-state index is 6.44. The van der Waals surface area contributed by atoms with Gasteiger partial charge >= 0.3 is 0 Å². The highest BCUT2D eigenvalue weighted by Gasteiger charge is 2.27. The standard InChI is InChI=1S/C13H25NO/c14-13(12-7-9-15-10-8-12)11-5-3-1-2-4-6-11/h11-13H,1-10,14H2. The van der Waals surface area contributed by atoms with E-state index >= 15 is 0 Å². The van der Waals surface area contributed by atoms with E-state index in [1.165, 1.54) is 51.4 Å². The van der Waals surface area contributed by atoms with Gasteiger partial charge in [0.1, 0.15) is 0 Å². The Balaban J connectivity index is 1.83. The largest absolute Gasteiger partial charge is 0.381 e. The first kappa shape index (κ1) is 11.4. The molecule has 1 saturated heterocycles. The summed E-state index contributed by atoms with van der Waals surface area (Å²) < 4.78 is 5.41. The van der Waals surface area contributed by atoms with Crippen LogP contribution in [0.15, 0.2) is 0 Å². The summed E-state index contributed by atoms with van der Waals surface area (Å²) in [7, 11) is 0. The van der Waals surface area contributed by atoms with Gasteiger partial charge in [-0.05, 0) is 37.5 Å². The van der Waals surface area contributed by atoms with Crippen LogP contribution in [0.4, 0.5) is 0 Å². The molecule has 1 aliphatic heterocycles. The van der Waals surface area contributed by atoms with E-state index in [0.29, 0.717) is 6.04 Å². The summed E-state index contributed by atoms with van der Waals surface area (Å²) in [5.74, 6) is 1.54. The Hall–Kier alpha value is -0.0800. The van der Waals surface area contributed by atoms with Crippen LogP contribution >= 0.6 is 0 Å². The summed E-state index contributed by atoms with van der Waals surface area (Å²) in [6, 6.07) is 0.451. The van der Waals surface area contributed by atoms with Gasteiger partial charge in [0.2, 0.25) is 0 Å². The Labute approximate surface area is 93.6 Å². The third-order valence-corrected chi connectivity index (χ3v) is 4.25. The zero-order chi connectivity index (χ0) is 10.5. The van der Waals surface area contributed by atoms with Gasteiger partial charge in [0, 0.05) is 19.3 Å². The van der Waals surface area contributed by atoms with Crippen molar-refractivity contribution in [2.75, 3.05) is 13.2 Å². The molecule has 0 radical (unpaired) electrons. The second kappa shape index (κ2) is 5.86. The number of rotatable bonds is 2. The molecule has 2 aliphatic rings. The van der Waals surface area contributed by atoms with Gasteiger partial charge in [-0.25, -0.2) is 0 Å². The minimum atomic E-state index is 0.451. The molecule has 1 unspecified atom stereocenters. The predicted octanol–water partition coefficient (Wildman–Crippen LogP) is 2.71. The van der Waals surface area contributed by atoms with E-state index in [4.69, 9.17) is 10.5 Å². The van der Waals surface area contributed by atoms with Crippen molar-refractivity contribution in [3.8, 4) is 0 Å². The Morgan fingerprint density at radius 3 is 1.93 bits per heavy atom. The molecule has 1 atom stereocenters. The lowest BCUT2D eigenvalue weighted by atomic mass is 9.80. The zero-order valence-corrected chi connectivity index (χ0v) is 9.79. The van der Waals surface area contributed by atoms with Crippen LogP contribution in [0, 0.1) is 11.8 Å². The first-order chi connectivity index (χ1) is 7.38. The lowest BCUT2D eigenvalue weighted by Crippen LogP contribution is -2.40. The van der Waals surface area contributed by atoms with Crippen molar-refractivity contribution in [1.82, 2.24) is 0 Å². The van der Waals surface area contributed by atoms with Crippen molar-refractivity contribution in [3.05, 3.63) is 0 Å².